The van der Waals surface area contributed by atoms with Crippen LogP contribution >= 0.6 is 0 Å². The molecule has 2 N–H and O–H groups in total. The Kier molecular flexibility index (Phi) is 3.46. The van der Waals surface area contributed by atoms with Gasteiger partial charge < -0.3 is 10.5 Å². The highest BCUT2D eigenvalue weighted by Gasteiger charge is 2.21. The Morgan fingerprint density at radius 3 is 2.76 bits per heavy atom. The van der Waals surface area contributed by atoms with E-state index in [-0.39, 0.29) is 17.1 Å². The van der Waals surface area contributed by atoms with Gasteiger partial charge in [-0.05, 0) is 30.9 Å². The Morgan fingerprint density at radius 2 is 2.12 bits per heavy atom. The van der Waals surface area contributed by atoms with Gasteiger partial charge >= 0.3 is 5.69 Å². The molecule has 0 amide bonds. The van der Waals surface area contributed by atoms with Crippen molar-refractivity contribution >= 4 is 11.4 Å². The van der Waals surface area contributed by atoms with E-state index in [0.717, 1.165) is 12.8 Å². The van der Waals surface area contributed by atoms with Crippen molar-refractivity contribution in [2.24, 2.45) is 5.92 Å². The average molecular weight is 236 g/mol. The highest BCUT2D eigenvalue weighted by Crippen LogP contribution is 2.34. The lowest BCUT2D eigenvalue weighted by Crippen LogP contribution is -2.09. The fourth-order valence-corrected chi connectivity index (χ4v) is 2.24. The predicted octanol–water partition coefficient (Wildman–Crippen LogP) is 2.75. The molecule has 1 fully saturated rings. The molecule has 0 radical (unpaired) electrons. The predicted molar refractivity (Wildman–Crippen MR) is 65.0 cm³/mol. The smallest absolute Gasteiger partial charge is 0.333 e. The zero-order valence-electron chi connectivity index (χ0n) is 9.59. The number of benzene rings is 1. The van der Waals surface area contributed by atoms with Crippen LogP contribution < -0.4 is 10.5 Å². The van der Waals surface area contributed by atoms with Gasteiger partial charge in [0.2, 0.25) is 0 Å². The van der Waals surface area contributed by atoms with Crippen molar-refractivity contribution in [1.29, 1.82) is 0 Å². The van der Waals surface area contributed by atoms with Gasteiger partial charge in [0, 0.05) is 0 Å². The fourth-order valence-electron chi connectivity index (χ4n) is 2.24. The van der Waals surface area contributed by atoms with Gasteiger partial charge in [0.05, 0.1) is 11.5 Å². The molecule has 92 valence electrons. The number of nitrogens with zero attached hydrogens (tertiary/aromatic N) is 1. The number of anilines is 1. The monoisotopic (exact) mass is 236 g/mol. The summed E-state index contributed by atoms with van der Waals surface area (Å²) in [7, 11) is 0. The van der Waals surface area contributed by atoms with Crippen molar-refractivity contribution in [3.63, 3.8) is 0 Å². The summed E-state index contributed by atoms with van der Waals surface area (Å²) < 4.78 is 5.54. The number of hydrogen-bond acceptors (Lipinski definition) is 4. The van der Waals surface area contributed by atoms with Crippen LogP contribution in [-0.2, 0) is 0 Å². The number of nitrogen functional groups attached to an aromatic ring is 1. The summed E-state index contributed by atoms with van der Waals surface area (Å²) >= 11 is 0. The van der Waals surface area contributed by atoms with Crippen molar-refractivity contribution in [1.82, 2.24) is 0 Å². The number of hydrogen-bond donors (Lipinski definition) is 1. The van der Waals surface area contributed by atoms with Crippen LogP contribution in [0.4, 0.5) is 11.4 Å². The second kappa shape index (κ2) is 5.03. The van der Waals surface area contributed by atoms with Gasteiger partial charge in [-0.1, -0.05) is 18.9 Å². The SMILES string of the molecule is Nc1cccc(OCC2CCCC2)c1[N+](=O)[O-]. The van der Waals surface area contributed by atoms with E-state index >= 15 is 0 Å². The van der Waals surface area contributed by atoms with Crippen molar-refractivity contribution in [2.75, 3.05) is 12.3 Å². The molecule has 0 atom stereocenters. The topological polar surface area (TPSA) is 78.4 Å². The van der Waals surface area contributed by atoms with Gasteiger partial charge in [-0.25, -0.2) is 0 Å². The number of rotatable bonds is 4. The van der Waals surface area contributed by atoms with E-state index in [1.165, 1.54) is 18.9 Å². The Labute approximate surface area is 99.7 Å². The molecule has 1 aromatic rings. The Bertz CT molecular complexity index is 414. The standard InChI is InChI=1S/C12H16N2O3/c13-10-6-3-7-11(12(10)14(15)16)17-8-9-4-1-2-5-9/h3,6-7,9H,1-2,4-5,8,13H2. The minimum atomic E-state index is -0.487. The molecule has 2 rings (SSSR count). The second-order valence-corrected chi connectivity index (χ2v) is 4.41. The normalized spacial score (nSPS) is 16.0. The number of ether oxygens (including phenoxy) is 1. The summed E-state index contributed by atoms with van der Waals surface area (Å²) in [5.41, 5.74) is 5.62. The van der Waals surface area contributed by atoms with Crippen molar-refractivity contribution in [3.05, 3.63) is 28.3 Å². The molecule has 1 aliphatic carbocycles. The molecule has 1 aromatic carbocycles. The first-order chi connectivity index (χ1) is 8.18. The summed E-state index contributed by atoms with van der Waals surface area (Å²) in [6.45, 7) is 0.546. The summed E-state index contributed by atoms with van der Waals surface area (Å²) in [5, 5.41) is 10.9. The lowest BCUT2D eigenvalue weighted by molar-refractivity contribution is -0.384. The molecule has 0 aliphatic heterocycles. The van der Waals surface area contributed by atoms with E-state index in [4.69, 9.17) is 10.5 Å². The highest BCUT2D eigenvalue weighted by molar-refractivity contribution is 5.65. The lowest BCUT2D eigenvalue weighted by atomic mass is 10.1. The minimum Gasteiger partial charge on any atom is -0.486 e. The maximum Gasteiger partial charge on any atom is 0.333 e. The van der Waals surface area contributed by atoms with Crippen LogP contribution in [-0.4, -0.2) is 11.5 Å². The zero-order valence-corrected chi connectivity index (χ0v) is 9.59. The van der Waals surface area contributed by atoms with E-state index in [1.807, 2.05) is 0 Å². The van der Waals surface area contributed by atoms with Crippen LogP contribution in [0.2, 0.25) is 0 Å². The van der Waals surface area contributed by atoms with Crippen LogP contribution in [0.1, 0.15) is 25.7 Å². The van der Waals surface area contributed by atoms with Crippen LogP contribution in [0.15, 0.2) is 18.2 Å². The van der Waals surface area contributed by atoms with Crippen molar-refractivity contribution in [3.8, 4) is 5.75 Å². The molecular weight excluding hydrogens is 220 g/mol. The van der Waals surface area contributed by atoms with E-state index in [2.05, 4.69) is 0 Å². The minimum absolute atomic E-state index is 0.120. The number of para-hydroxylation sites is 1. The quantitative estimate of drug-likeness (QED) is 0.495. The number of nitro benzene ring substituents is 1. The van der Waals surface area contributed by atoms with E-state index in [0.29, 0.717) is 12.5 Å². The third-order valence-corrected chi connectivity index (χ3v) is 3.16. The van der Waals surface area contributed by atoms with Gasteiger partial charge in [0.15, 0.2) is 5.75 Å². The first-order valence-corrected chi connectivity index (χ1v) is 5.84. The third kappa shape index (κ3) is 2.67. The summed E-state index contributed by atoms with van der Waals surface area (Å²) in [5.74, 6) is 0.804. The maximum absolute atomic E-state index is 10.9. The van der Waals surface area contributed by atoms with Crippen LogP contribution in [0.25, 0.3) is 0 Å². The first kappa shape index (κ1) is 11.7. The zero-order chi connectivity index (χ0) is 12.3. The lowest BCUT2D eigenvalue weighted by Gasteiger charge is -2.11. The van der Waals surface area contributed by atoms with Gasteiger partial charge in [-0.15, -0.1) is 0 Å². The molecule has 17 heavy (non-hydrogen) atoms. The van der Waals surface area contributed by atoms with Gasteiger partial charge in [-0.3, -0.25) is 10.1 Å². The Hall–Kier alpha value is -1.78. The van der Waals surface area contributed by atoms with Crippen LogP contribution in [0.5, 0.6) is 5.75 Å². The molecular formula is C12H16N2O3. The highest BCUT2D eigenvalue weighted by atomic mass is 16.6. The van der Waals surface area contributed by atoms with Crippen molar-refractivity contribution in [2.45, 2.75) is 25.7 Å². The van der Waals surface area contributed by atoms with Gasteiger partial charge in [0.25, 0.3) is 0 Å². The molecule has 0 aromatic heterocycles. The molecule has 5 nitrogen and oxygen atoms in total. The molecule has 0 spiro atoms. The first-order valence-electron chi connectivity index (χ1n) is 5.84. The van der Waals surface area contributed by atoms with E-state index in [1.54, 1.807) is 12.1 Å². The van der Waals surface area contributed by atoms with Gasteiger partial charge in [0.1, 0.15) is 5.69 Å². The molecule has 0 unspecified atom stereocenters. The largest absolute Gasteiger partial charge is 0.486 e. The molecule has 1 aliphatic rings. The van der Waals surface area contributed by atoms with Crippen LogP contribution in [0.3, 0.4) is 0 Å². The van der Waals surface area contributed by atoms with E-state index in [9.17, 15) is 10.1 Å². The number of nitro groups is 1. The van der Waals surface area contributed by atoms with Crippen molar-refractivity contribution < 1.29 is 9.66 Å². The molecule has 0 saturated heterocycles. The van der Waals surface area contributed by atoms with Crippen LogP contribution in [0, 0.1) is 16.0 Å². The molecule has 0 bridgehead atoms. The van der Waals surface area contributed by atoms with Gasteiger partial charge in [-0.2, -0.15) is 0 Å². The molecule has 0 heterocycles. The molecule has 1 saturated carbocycles. The summed E-state index contributed by atoms with van der Waals surface area (Å²) in [6.07, 6.45) is 4.76. The average Bonchev–Trinajstić information content (AvgIpc) is 2.78. The van der Waals surface area contributed by atoms with E-state index < -0.39 is 4.92 Å². The third-order valence-electron chi connectivity index (χ3n) is 3.16. The summed E-state index contributed by atoms with van der Waals surface area (Å²) in [4.78, 5) is 10.4. The second-order valence-electron chi connectivity index (χ2n) is 4.41. The molecule has 5 heteroatoms. The fraction of sp³-hybridized carbons (Fsp3) is 0.500. The number of nitrogens with two attached hydrogens (primary N) is 1. The summed E-state index contributed by atoms with van der Waals surface area (Å²) in [6, 6.07) is 4.79. The Morgan fingerprint density at radius 1 is 1.41 bits per heavy atom. The maximum atomic E-state index is 10.9. The Balaban J connectivity index is 2.09.